The van der Waals surface area contributed by atoms with E-state index in [1.54, 1.807) is 0 Å². The largest absolute Gasteiger partial charge is 0.393 e. The van der Waals surface area contributed by atoms with E-state index in [0.717, 1.165) is 0 Å². The Hall–Kier alpha value is -3.60. The van der Waals surface area contributed by atoms with Crippen molar-refractivity contribution < 1.29 is 9.85 Å². The fourth-order valence-corrected chi connectivity index (χ4v) is 1.70. The van der Waals surface area contributed by atoms with E-state index in [9.17, 15) is 20.2 Å². The van der Waals surface area contributed by atoms with Gasteiger partial charge in [-0.2, -0.15) is 0 Å². The Morgan fingerprint density at radius 2 is 1.14 bits per heavy atom. The predicted octanol–water partition coefficient (Wildman–Crippen LogP) is 2.07. The van der Waals surface area contributed by atoms with Gasteiger partial charge in [0.2, 0.25) is 0 Å². The molecule has 0 saturated heterocycles. The lowest BCUT2D eigenvalue weighted by Gasteiger charge is -1.98. The van der Waals surface area contributed by atoms with Crippen molar-refractivity contribution in [2.24, 2.45) is 0 Å². The molecule has 0 heterocycles. The first-order valence-corrected chi connectivity index (χ1v) is 5.98. The van der Waals surface area contributed by atoms with Crippen molar-refractivity contribution in [1.29, 1.82) is 0 Å². The maximum Gasteiger partial charge on any atom is 0.293 e. The van der Waals surface area contributed by atoms with Gasteiger partial charge in [-0.25, -0.2) is 0 Å². The van der Waals surface area contributed by atoms with Crippen LogP contribution >= 0.6 is 0 Å². The summed E-state index contributed by atoms with van der Waals surface area (Å²) in [6.07, 6.45) is 0. The monoisotopic (exact) mass is 298 g/mol. The lowest BCUT2D eigenvalue weighted by molar-refractivity contribution is -0.384. The average Bonchev–Trinajstić information content (AvgIpc) is 2.47. The first kappa shape index (κ1) is 14.8. The second kappa shape index (κ2) is 5.80. The summed E-state index contributed by atoms with van der Waals surface area (Å²) >= 11 is 0. The first-order valence-electron chi connectivity index (χ1n) is 5.98. The molecule has 2 aromatic rings. The third kappa shape index (κ3) is 3.10. The van der Waals surface area contributed by atoms with Crippen LogP contribution < -0.4 is 11.5 Å². The molecule has 2 aromatic carbocycles. The van der Waals surface area contributed by atoms with Crippen LogP contribution in [0.25, 0.3) is 0 Å². The van der Waals surface area contributed by atoms with Crippen LogP contribution in [0.1, 0.15) is 11.1 Å². The fraction of sp³-hybridized carbons (Fsp3) is 0. The molecule has 0 spiro atoms. The third-order valence-electron chi connectivity index (χ3n) is 2.81. The van der Waals surface area contributed by atoms with Crippen molar-refractivity contribution in [2.45, 2.75) is 0 Å². The molecule has 0 atom stereocenters. The molecule has 8 nitrogen and oxygen atoms in total. The zero-order valence-corrected chi connectivity index (χ0v) is 11.1. The van der Waals surface area contributed by atoms with Crippen molar-refractivity contribution >= 4 is 22.7 Å². The molecule has 4 N–H and O–H groups in total. The van der Waals surface area contributed by atoms with E-state index >= 15 is 0 Å². The highest BCUT2D eigenvalue weighted by Crippen LogP contribution is 2.23. The van der Waals surface area contributed by atoms with E-state index in [1.807, 2.05) is 0 Å². The molecule has 22 heavy (non-hydrogen) atoms. The summed E-state index contributed by atoms with van der Waals surface area (Å²) < 4.78 is 0. The minimum atomic E-state index is -0.603. The molecular weight excluding hydrogens is 288 g/mol. The summed E-state index contributed by atoms with van der Waals surface area (Å²) in [6.45, 7) is 0. The molecule has 0 saturated carbocycles. The molecule has 0 amide bonds. The van der Waals surface area contributed by atoms with E-state index in [2.05, 4.69) is 11.8 Å². The Morgan fingerprint density at radius 3 is 1.45 bits per heavy atom. The van der Waals surface area contributed by atoms with Gasteiger partial charge in [0, 0.05) is 23.3 Å². The molecule has 0 fully saturated rings. The topological polar surface area (TPSA) is 138 Å². The van der Waals surface area contributed by atoms with Crippen molar-refractivity contribution in [3.8, 4) is 11.8 Å². The van der Waals surface area contributed by atoms with Crippen LogP contribution in [0, 0.1) is 32.1 Å². The molecule has 0 aliphatic carbocycles. The van der Waals surface area contributed by atoms with E-state index < -0.39 is 9.85 Å². The van der Waals surface area contributed by atoms with Crippen LogP contribution in [-0.4, -0.2) is 9.85 Å². The molecule has 8 heteroatoms. The minimum Gasteiger partial charge on any atom is -0.393 e. The number of anilines is 2. The zero-order valence-electron chi connectivity index (χ0n) is 11.1. The summed E-state index contributed by atoms with van der Waals surface area (Å²) in [4.78, 5) is 20.4. The number of benzene rings is 2. The Bertz CT molecular complexity index is 769. The third-order valence-corrected chi connectivity index (χ3v) is 2.81. The van der Waals surface area contributed by atoms with E-state index in [0.29, 0.717) is 11.1 Å². The SMILES string of the molecule is Nc1ccc(C#Cc2ccc(N)c([N+](=O)[O-])c2)cc1[N+](=O)[O-]. The summed E-state index contributed by atoms with van der Waals surface area (Å²) in [5, 5.41) is 21.6. The molecule has 0 aromatic heterocycles. The number of nitrogen functional groups attached to an aromatic ring is 2. The highest BCUT2D eigenvalue weighted by molar-refractivity contribution is 5.64. The van der Waals surface area contributed by atoms with Crippen molar-refractivity contribution in [1.82, 2.24) is 0 Å². The summed E-state index contributed by atoms with van der Waals surface area (Å²) in [7, 11) is 0. The van der Waals surface area contributed by atoms with Crippen LogP contribution in [0.2, 0.25) is 0 Å². The second-order valence-electron chi connectivity index (χ2n) is 4.31. The van der Waals surface area contributed by atoms with Crippen LogP contribution in [0.15, 0.2) is 36.4 Å². The van der Waals surface area contributed by atoms with Gasteiger partial charge in [-0.05, 0) is 24.3 Å². The summed E-state index contributed by atoms with van der Waals surface area (Å²) in [6, 6.07) is 8.31. The van der Waals surface area contributed by atoms with Gasteiger partial charge in [-0.15, -0.1) is 0 Å². The van der Waals surface area contributed by atoms with Crippen molar-refractivity contribution in [2.75, 3.05) is 11.5 Å². The molecule has 0 radical (unpaired) electrons. The average molecular weight is 298 g/mol. The van der Waals surface area contributed by atoms with Gasteiger partial charge in [0.1, 0.15) is 11.4 Å². The number of nitrogens with two attached hydrogens (primary N) is 2. The number of nitro groups is 2. The number of hydrogen-bond acceptors (Lipinski definition) is 6. The number of nitrogens with zero attached hydrogens (tertiary/aromatic N) is 2. The van der Waals surface area contributed by atoms with Gasteiger partial charge in [-0.3, -0.25) is 20.2 Å². The van der Waals surface area contributed by atoms with Gasteiger partial charge < -0.3 is 11.5 Å². The maximum atomic E-state index is 10.8. The van der Waals surface area contributed by atoms with Gasteiger partial charge in [0.15, 0.2) is 0 Å². The molecule has 2 rings (SSSR count). The lowest BCUT2D eigenvalue weighted by Crippen LogP contribution is -1.96. The first-order chi connectivity index (χ1) is 10.4. The second-order valence-corrected chi connectivity index (χ2v) is 4.31. The van der Waals surface area contributed by atoms with E-state index in [-0.39, 0.29) is 22.7 Å². The van der Waals surface area contributed by atoms with Crippen LogP contribution in [0.3, 0.4) is 0 Å². The number of nitro benzene ring substituents is 2. The molecule has 0 aliphatic heterocycles. The van der Waals surface area contributed by atoms with Gasteiger partial charge in [-0.1, -0.05) is 11.8 Å². The van der Waals surface area contributed by atoms with Crippen molar-refractivity contribution in [3.63, 3.8) is 0 Å². The van der Waals surface area contributed by atoms with Crippen LogP contribution in [-0.2, 0) is 0 Å². The standard InChI is InChI=1S/C14H10N4O4/c15-11-5-3-9(7-13(11)17(19)20)1-2-10-4-6-12(16)14(8-10)18(21)22/h3-8H,15-16H2. The Balaban J connectivity index is 2.39. The van der Waals surface area contributed by atoms with Crippen LogP contribution in [0.4, 0.5) is 22.7 Å². The van der Waals surface area contributed by atoms with Crippen LogP contribution in [0.5, 0.6) is 0 Å². The van der Waals surface area contributed by atoms with Gasteiger partial charge in [0.25, 0.3) is 11.4 Å². The predicted molar refractivity (Wildman–Crippen MR) is 81.0 cm³/mol. The van der Waals surface area contributed by atoms with Gasteiger partial charge in [0.05, 0.1) is 9.85 Å². The fourth-order valence-electron chi connectivity index (χ4n) is 1.70. The quantitative estimate of drug-likeness (QED) is 0.376. The molecule has 0 aliphatic rings. The van der Waals surface area contributed by atoms with Gasteiger partial charge >= 0.3 is 0 Å². The Labute approximate surface area is 124 Å². The lowest BCUT2D eigenvalue weighted by atomic mass is 10.1. The number of rotatable bonds is 2. The normalized spacial score (nSPS) is 9.64. The molecule has 0 bridgehead atoms. The van der Waals surface area contributed by atoms with E-state index in [4.69, 9.17) is 11.5 Å². The van der Waals surface area contributed by atoms with Crippen molar-refractivity contribution in [3.05, 3.63) is 67.8 Å². The molecule has 0 unspecified atom stereocenters. The summed E-state index contributed by atoms with van der Waals surface area (Å²) in [5.41, 5.74) is 11.3. The molecule has 110 valence electrons. The summed E-state index contributed by atoms with van der Waals surface area (Å²) in [5.74, 6) is 5.39. The minimum absolute atomic E-state index is 0.0404. The molecular formula is C14H10N4O4. The zero-order chi connectivity index (χ0) is 16.3. The smallest absolute Gasteiger partial charge is 0.293 e. The Morgan fingerprint density at radius 1 is 0.773 bits per heavy atom. The Kier molecular flexibility index (Phi) is 3.90. The van der Waals surface area contributed by atoms with E-state index in [1.165, 1.54) is 36.4 Å². The highest BCUT2D eigenvalue weighted by atomic mass is 16.6. The number of hydrogen-bond donors (Lipinski definition) is 2. The highest BCUT2D eigenvalue weighted by Gasteiger charge is 2.12. The maximum absolute atomic E-state index is 10.8.